The number of aromatic nitrogens is 2. The zero-order chi connectivity index (χ0) is 14.5. The highest BCUT2D eigenvalue weighted by Crippen LogP contribution is 2.38. The Morgan fingerprint density at radius 2 is 2.10 bits per heavy atom. The minimum Gasteiger partial charge on any atom is -0.344 e. The molecule has 3 rings (SSSR count). The Morgan fingerprint density at radius 1 is 1.40 bits per heavy atom. The van der Waals surface area contributed by atoms with Gasteiger partial charge in [-0.2, -0.15) is 18.2 Å². The van der Waals surface area contributed by atoms with Crippen LogP contribution in [0.2, 0.25) is 5.28 Å². The Hall–Kier alpha value is -1.08. The lowest BCUT2D eigenvalue weighted by molar-refractivity contribution is -0.120. The fourth-order valence-corrected chi connectivity index (χ4v) is 3.27. The standard InChI is InChI=1S/C12H11ClF3N3S/c1-6-4-8-9(17-11(13)18-10(8)20-6)19(7-2-3-7)5-12(14,15)16/h4,7H,2-3,5H2,1H3. The van der Waals surface area contributed by atoms with Crippen LogP contribution >= 0.6 is 22.9 Å². The minimum absolute atomic E-state index is 0.0119. The number of rotatable bonds is 3. The van der Waals surface area contributed by atoms with E-state index in [9.17, 15) is 13.2 Å². The van der Waals surface area contributed by atoms with Crippen molar-refractivity contribution in [2.75, 3.05) is 11.4 Å². The topological polar surface area (TPSA) is 29.0 Å². The Bertz CT molecular complexity index is 651. The second-order valence-corrected chi connectivity index (χ2v) is 6.44. The molecule has 2 aromatic rings. The number of thiophene rings is 1. The molecule has 0 amide bonds. The van der Waals surface area contributed by atoms with Crippen LogP contribution in [0.15, 0.2) is 6.07 Å². The molecule has 0 bridgehead atoms. The van der Waals surface area contributed by atoms with Crippen LogP contribution in [-0.4, -0.2) is 28.7 Å². The molecule has 1 fully saturated rings. The third-order valence-electron chi connectivity index (χ3n) is 3.08. The Balaban J connectivity index is 2.10. The molecule has 0 saturated heterocycles. The van der Waals surface area contributed by atoms with Gasteiger partial charge in [0.2, 0.25) is 5.28 Å². The lowest BCUT2D eigenvalue weighted by Gasteiger charge is -2.25. The lowest BCUT2D eigenvalue weighted by Crippen LogP contribution is -2.36. The second-order valence-electron chi connectivity index (χ2n) is 4.87. The van der Waals surface area contributed by atoms with Crippen molar-refractivity contribution in [2.24, 2.45) is 0 Å². The summed E-state index contributed by atoms with van der Waals surface area (Å²) in [6.07, 6.45) is -2.76. The first kappa shape index (κ1) is 13.9. The molecule has 0 radical (unpaired) electrons. The first-order valence-electron chi connectivity index (χ1n) is 6.10. The van der Waals surface area contributed by atoms with Crippen molar-refractivity contribution in [3.63, 3.8) is 0 Å². The summed E-state index contributed by atoms with van der Waals surface area (Å²) in [7, 11) is 0. The second kappa shape index (κ2) is 4.73. The van der Waals surface area contributed by atoms with Gasteiger partial charge in [-0.15, -0.1) is 11.3 Å². The molecule has 108 valence electrons. The molecule has 0 aromatic carbocycles. The van der Waals surface area contributed by atoms with Gasteiger partial charge in [-0.1, -0.05) is 0 Å². The molecule has 1 saturated carbocycles. The molecule has 8 heteroatoms. The SMILES string of the molecule is Cc1cc2c(N(CC(F)(F)F)C3CC3)nc(Cl)nc2s1. The molecule has 2 heterocycles. The van der Waals surface area contributed by atoms with Crippen LogP contribution in [0.4, 0.5) is 19.0 Å². The van der Waals surface area contributed by atoms with Crippen molar-refractivity contribution < 1.29 is 13.2 Å². The van der Waals surface area contributed by atoms with Crippen LogP contribution in [0.1, 0.15) is 17.7 Å². The van der Waals surface area contributed by atoms with Crippen LogP contribution in [0, 0.1) is 6.92 Å². The molecule has 3 nitrogen and oxygen atoms in total. The summed E-state index contributed by atoms with van der Waals surface area (Å²) in [6, 6.07) is 1.71. The predicted molar refractivity (Wildman–Crippen MR) is 73.6 cm³/mol. The maximum Gasteiger partial charge on any atom is 0.405 e. The van der Waals surface area contributed by atoms with E-state index in [0.29, 0.717) is 16.0 Å². The summed E-state index contributed by atoms with van der Waals surface area (Å²) < 4.78 is 38.3. The summed E-state index contributed by atoms with van der Waals surface area (Å²) >= 11 is 7.25. The number of aryl methyl sites for hydroxylation is 1. The Morgan fingerprint density at radius 3 is 2.70 bits per heavy atom. The predicted octanol–water partition coefficient (Wildman–Crippen LogP) is 4.18. The van der Waals surface area contributed by atoms with Gasteiger partial charge in [0.25, 0.3) is 0 Å². The molecule has 0 N–H and O–H groups in total. The third-order valence-corrected chi connectivity index (χ3v) is 4.19. The number of nitrogens with zero attached hydrogens (tertiary/aromatic N) is 3. The van der Waals surface area contributed by atoms with E-state index in [2.05, 4.69) is 9.97 Å². The monoisotopic (exact) mass is 321 g/mol. The summed E-state index contributed by atoms with van der Waals surface area (Å²) in [5, 5.41) is 0.634. The van der Waals surface area contributed by atoms with Crippen LogP contribution in [-0.2, 0) is 0 Å². The van der Waals surface area contributed by atoms with Crippen molar-refractivity contribution in [1.82, 2.24) is 9.97 Å². The zero-order valence-electron chi connectivity index (χ0n) is 10.5. The molecule has 0 atom stereocenters. The van der Waals surface area contributed by atoms with Gasteiger partial charge in [0.05, 0.1) is 5.39 Å². The number of hydrogen-bond donors (Lipinski definition) is 0. The number of halogens is 4. The third kappa shape index (κ3) is 2.83. The Kier molecular flexibility index (Phi) is 3.29. The molecule has 20 heavy (non-hydrogen) atoms. The van der Waals surface area contributed by atoms with Crippen LogP contribution < -0.4 is 4.90 Å². The van der Waals surface area contributed by atoms with Crippen molar-refractivity contribution in [3.05, 3.63) is 16.2 Å². The van der Waals surface area contributed by atoms with Gasteiger partial charge in [-0.25, -0.2) is 4.98 Å². The van der Waals surface area contributed by atoms with E-state index in [1.165, 1.54) is 16.2 Å². The number of fused-ring (bicyclic) bond motifs is 1. The maximum absolute atomic E-state index is 12.8. The number of alkyl halides is 3. The van der Waals surface area contributed by atoms with E-state index in [-0.39, 0.29) is 11.3 Å². The van der Waals surface area contributed by atoms with Crippen LogP contribution in [0.25, 0.3) is 10.2 Å². The van der Waals surface area contributed by atoms with Gasteiger partial charge >= 0.3 is 6.18 Å². The smallest absolute Gasteiger partial charge is 0.344 e. The quantitative estimate of drug-likeness (QED) is 0.794. The first-order chi connectivity index (χ1) is 9.33. The highest BCUT2D eigenvalue weighted by atomic mass is 35.5. The van der Waals surface area contributed by atoms with Crippen molar-refractivity contribution in [3.8, 4) is 0 Å². The molecular weight excluding hydrogens is 311 g/mol. The fraction of sp³-hybridized carbons (Fsp3) is 0.500. The van der Waals surface area contributed by atoms with E-state index in [4.69, 9.17) is 11.6 Å². The zero-order valence-corrected chi connectivity index (χ0v) is 12.1. The summed E-state index contributed by atoms with van der Waals surface area (Å²) in [5.74, 6) is 0.296. The molecule has 0 unspecified atom stereocenters. The summed E-state index contributed by atoms with van der Waals surface area (Å²) in [5.41, 5.74) is 0. The van der Waals surface area contributed by atoms with Gasteiger partial charge in [-0.3, -0.25) is 0 Å². The van der Waals surface area contributed by atoms with Gasteiger partial charge in [0.1, 0.15) is 17.2 Å². The van der Waals surface area contributed by atoms with Gasteiger partial charge in [0.15, 0.2) is 0 Å². The van der Waals surface area contributed by atoms with E-state index in [0.717, 1.165) is 17.7 Å². The first-order valence-corrected chi connectivity index (χ1v) is 7.30. The minimum atomic E-state index is -4.27. The van der Waals surface area contributed by atoms with E-state index in [1.807, 2.05) is 13.0 Å². The van der Waals surface area contributed by atoms with Crippen LogP contribution in [0.5, 0.6) is 0 Å². The summed E-state index contributed by atoms with van der Waals surface area (Å²) in [4.78, 5) is 11.0. The number of anilines is 1. The van der Waals surface area contributed by atoms with Crippen molar-refractivity contribution in [2.45, 2.75) is 32.0 Å². The average Bonchev–Trinajstić information content (AvgIpc) is 3.07. The highest BCUT2D eigenvalue weighted by molar-refractivity contribution is 7.18. The number of hydrogen-bond acceptors (Lipinski definition) is 4. The maximum atomic E-state index is 12.8. The largest absolute Gasteiger partial charge is 0.405 e. The highest BCUT2D eigenvalue weighted by Gasteiger charge is 2.39. The van der Waals surface area contributed by atoms with E-state index in [1.54, 1.807) is 0 Å². The fourth-order valence-electron chi connectivity index (χ4n) is 2.18. The van der Waals surface area contributed by atoms with Gasteiger partial charge in [0, 0.05) is 10.9 Å². The lowest BCUT2D eigenvalue weighted by atomic mass is 10.3. The van der Waals surface area contributed by atoms with Gasteiger partial charge in [-0.05, 0) is 37.4 Å². The molecule has 0 spiro atoms. The molecule has 0 aliphatic heterocycles. The normalized spacial score (nSPS) is 15.8. The molecule has 1 aliphatic rings. The van der Waals surface area contributed by atoms with Crippen molar-refractivity contribution >= 4 is 39.0 Å². The van der Waals surface area contributed by atoms with Crippen LogP contribution in [0.3, 0.4) is 0 Å². The molecule has 2 aromatic heterocycles. The molecule has 1 aliphatic carbocycles. The van der Waals surface area contributed by atoms with E-state index < -0.39 is 12.7 Å². The average molecular weight is 322 g/mol. The van der Waals surface area contributed by atoms with E-state index >= 15 is 0 Å². The molecular formula is C12H11ClF3N3S. The van der Waals surface area contributed by atoms with Gasteiger partial charge < -0.3 is 4.90 Å². The van der Waals surface area contributed by atoms with Crippen molar-refractivity contribution in [1.29, 1.82) is 0 Å². The summed E-state index contributed by atoms with van der Waals surface area (Å²) in [6.45, 7) is 0.879. The Labute approximate surface area is 122 Å².